The van der Waals surface area contributed by atoms with Crippen LogP contribution in [0.5, 0.6) is 0 Å². The quantitative estimate of drug-likeness (QED) is 0.623. The van der Waals surface area contributed by atoms with Crippen molar-refractivity contribution in [2.24, 2.45) is 0 Å². The van der Waals surface area contributed by atoms with Crippen LogP contribution in [-0.4, -0.2) is 32.3 Å². The molecule has 1 aliphatic rings. The number of rotatable bonds is 2. The Balaban J connectivity index is 2.42. The van der Waals surface area contributed by atoms with Crippen LogP contribution in [0, 0.1) is 6.92 Å². The van der Waals surface area contributed by atoms with Gasteiger partial charge in [-0.1, -0.05) is 23.3 Å². The molecule has 2 rings (SSSR count). The fraction of sp³-hybridized carbons (Fsp3) is 0.357. The summed E-state index contributed by atoms with van der Waals surface area (Å²) in [6.07, 6.45) is 2.78. The lowest BCUT2D eigenvalue weighted by Gasteiger charge is -2.26. The van der Waals surface area contributed by atoms with E-state index in [0.29, 0.717) is 13.1 Å². The number of amides is 1. The molecule has 20 heavy (non-hydrogen) atoms. The first-order valence-corrected chi connectivity index (χ1v) is 8.60. The molecule has 0 saturated carbocycles. The molecule has 0 radical (unpaired) electrons. The zero-order chi connectivity index (χ0) is 14.9. The highest BCUT2D eigenvalue weighted by molar-refractivity contribution is 8.13. The molecule has 1 aliphatic heterocycles. The summed E-state index contributed by atoms with van der Waals surface area (Å²) in [6, 6.07) is 4.59. The minimum Gasteiger partial charge on any atom is -0.335 e. The van der Waals surface area contributed by atoms with Crippen LogP contribution in [0.2, 0.25) is 0 Å². The molecule has 1 aromatic rings. The molecule has 0 bridgehead atoms. The third-order valence-electron chi connectivity index (χ3n) is 3.35. The van der Waals surface area contributed by atoms with E-state index in [0.717, 1.165) is 12.0 Å². The number of hydrogen-bond acceptors (Lipinski definition) is 3. The van der Waals surface area contributed by atoms with Crippen LogP contribution in [0.25, 0.3) is 0 Å². The second-order valence-electron chi connectivity index (χ2n) is 4.99. The molecular weight excluding hydrogens is 298 g/mol. The lowest BCUT2D eigenvalue weighted by atomic mass is 10.1. The van der Waals surface area contributed by atoms with Crippen molar-refractivity contribution in [2.75, 3.05) is 13.1 Å². The molecular formula is C14H16ClNO3S. The SMILES string of the molecule is CC1=CCN(C(=O)c2cc(C)ccc2S(=O)(=O)Cl)CC1. The summed E-state index contributed by atoms with van der Waals surface area (Å²) in [7, 11) is 1.48. The molecule has 1 amide bonds. The fourth-order valence-corrected chi connectivity index (χ4v) is 3.19. The summed E-state index contributed by atoms with van der Waals surface area (Å²) in [5.74, 6) is -0.295. The van der Waals surface area contributed by atoms with Crippen molar-refractivity contribution >= 4 is 25.6 Å². The molecule has 0 fully saturated rings. The third-order valence-corrected chi connectivity index (χ3v) is 4.73. The van der Waals surface area contributed by atoms with Crippen molar-refractivity contribution < 1.29 is 13.2 Å². The van der Waals surface area contributed by atoms with E-state index in [1.807, 2.05) is 19.9 Å². The van der Waals surface area contributed by atoms with Gasteiger partial charge in [0, 0.05) is 23.8 Å². The summed E-state index contributed by atoms with van der Waals surface area (Å²) >= 11 is 0. The predicted octanol–water partition coefficient (Wildman–Crippen LogP) is 2.71. The van der Waals surface area contributed by atoms with E-state index in [1.165, 1.54) is 11.6 Å². The first-order valence-electron chi connectivity index (χ1n) is 6.29. The smallest absolute Gasteiger partial charge is 0.262 e. The largest absolute Gasteiger partial charge is 0.335 e. The van der Waals surface area contributed by atoms with Crippen LogP contribution in [-0.2, 0) is 9.05 Å². The van der Waals surface area contributed by atoms with E-state index in [1.54, 1.807) is 17.0 Å². The van der Waals surface area contributed by atoms with Gasteiger partial charge in [-0.3, -0.25) is 4.79 Å². The number of carbonyl (C=O) groups is 1. The minimum absolute atomic E-state index is 0.124. The average Bonchev–Trinajstić information content (AvgIpc) is 2.37. The van der Waals surface area contributed by atoms with Crippen molar-refractivity contribution in [3.05, 3.63) is 41.0 Å². The Kier molecular flexibility index (Phi) is 4.20. The Bertz CT molecular complexity index is 680. The molecule has 0 unspecified atom stereocenters. The Labute approximate surface area is 123 Å². The van der Waals surface area contributed by atoms with E-state index in [-0.39, 0.29) is 16.4 Å². The van der Waals surface area contributed by atoms with Crippen molar-refractivity contribution in [2.45, 2.75) is 25.2 Å². The summed E-state index contributed by atoms with van der Waals surface area (Å²) in [6.45, 7) is 4.92. The van der Waals surface area contributed by atoms with Gasteiger partial charge in [0.1, 0.15) is 0 Å². The lowest BCUT2D eigenvalue weighted by Crippen LogP contribution is -2.35. The fourth-order valence-electron chi connectivity index (χ4n) is 2.15. The van der Waals surface area contributed by atoms with E-state index < -0.39 is 9.05 Å². The maximum absolute atomic E-state index is 12.5. The van der Waals surface area contributed by atoms with Crippen LogP contribution in [0.15, 0.2) is 34.7 Å². The minimum atomic E-state index is -3.94. The van der Waals surface area contributed by atoms with Gasteiger partial charge in [0.2, 0.25) is 0 Å². The molecule has 0 N–H and O–H groups in total. The zero-order valence-corrected chi connectivity index (χ0v) is 13.0. The van der Waals surface area contributed by atoms with E-state index in [2.05, 4.69) is 0 Å². The van der Waals surface area contributed by atoms with Gasteiger partial charge in [0.25, 0.3) is 15.0 Å². The Hall–Kier alpha value is -1.33. The molecule has 0 spiro atoms. The van der Waals surface area contributed by atoms with Gasteiger partial charge in [-0.2, -0.15) is 0 Å². The Morgan fingerprint density at radius 3 is 2.55 bits per heavy atom. The van der Waals surface area contributed by atoms with Gasteiger partial charge in [-0.15, -0.1) is 0 Å². The standard InChI is InChI=1S/C14H16ClNO3S/c1-10-5-7-16(8-6-10)14(17)12-9-11(2)3-4-13(12)20(15,18)19/h3-5,9H,6-8H2,1-2H3. The molecule has 108 valence electrons. The van der Waals surface area contributed by atoms with Crippen molar-refractivity contribution in [3.63, 3.8) is 0 Å². The first-order chi connectivity index (χ1) is 9.29. The van der Waals surface area contributed by atoms with Crippen LogP contribution in [0.4, 0.5) is 0 Å². The highest BCUT2D eigenvalue weighted by atomic mass is 35.7. The average molecular weight is 314 g/mol. The summed E-state index contributed by atoms with van der Waals surface area (Å²) in [4.78, 5) is 14.0. The van der Waals surface area contributed by atoms with E-state index in [4.69, 9.17) is 10.7 Å². The first kappa shape index (κ1) is 15.1. The number of benzene rings is 1. The van der Waals surface area contributed by atoms with Crippen LogP contribution >= 0.6 is 10.7 Å². The Morgan fingerprint density at radius 2 is 2.00 bits per heavy atom. The van der Waals surface area contributed by atoms with Gasteiger partial charge < -0.3 is 4.90 Å². The van der Waals surface area contributed by atoms with E-state index in [9.17, 15) is 13.2 Å². The molecule has 4 nitrogen and oxygen atoms in total. The van der Waals surface area contributed by atoms with Crippen molar-refractivity contribution in [1.82, 2.24) is 4.90 Å². The summed E-state index contributed by atoms with van der Waals surface area (Å²) in [5.41, 5.74) is 2.21. The third kappa shape index (κ3) is 3.22. The van der Waals surface area contributed by atoms with Gasteiger partial charge in [-0.25, -0.2) is 8.42 Å². The van der Waals surface area contributed by atoms with Crippen LogP contribution < -0.4 is 0 Å². The molecule has 6 heteroatoms. The number of nitrogens with zero attached hydrogens (tertiary/aromatic N) is 1. The van der Waals surface area contributed by atoms with Crippen LogP contribution in [0.3, 0.4) is 0 Å². The second kappa shape index (κ2) is 5.58. The maximum atomic E-state index is 12.5. The van der Waals surface area contributed by atoms with Crippen LogP contribution in [0.1, 0.15) is 29.3 Å². The summed E-state index contributed by atoms with van der Waals surface area (Å²) in [5, 5.41) is 0. The van der Waals surface area contributed by atoms with Gasteiger partial charge in [-0.05, 0) is 32.4 Å². The van der Waals surface area contributed by atoms with Gasteiger partial charge in [0.05, 0.1) is 10.5 Å². The Morgan fingerprint density at radius 1 is 1.30 bits per heavy atom. The molecule has 0 saturated heterocycles. The number of halogens is 1. The van der Waals surface area contributed by atoms with Crippen molar-refractivity contribution in [1.29, 1.82) is 0 Å². The number of hydrogen-bond donors (Lipinski definition) is 0. The molecule has 1 heterocycles. The second-order valence-corrected chi connectivity index (χ2v) is 7.52. The molecule has 0 aromatic heterocycles. The molecule has 0 atom stereocenters. The highest BCUT2D eigenvalue weighted by Gasteiger charge is 2.25. The van der Waals surface area contributed by atoms with Crippen molar-refractivity contribution in [3.8, 4) is 0 Å². The monoisotopic (exact) mass is 313 g/mol. The summed E-state index contributed by atoms with van der Waals surface area (Å²) < 4.78 is 23.2. The number of aryl methyl sites for hydroxylation is 1. The molecule has 1 aromatic carbocycles. The maximum Gasteiger partial charge on any atom is 0.262 e. The lowest BCUT2D eigenvalue weighted by molar-refractivity contribution is 0.0765. The predicted molar refractivity (Wildman–Crippen MR) is 78.5 cm³/mol. The zero-order valence-electron chi connectivity index (χ0n) is 11.4. The van der Waals surface area contributed by atoms with Gasteiger partial charge >= 0.3 is 0 Å². The highest BCUT2D eigenvalue weighted by Crippen LogP contribution is 2.24. The topological polar surface area (TPSA) is 54.5 Å². The van der Waals surface area contributed by atoms with E-state index >= 15 is 0 Å². The molecule has 0 aliphatic carbocycles. The number of carbonyl (C=O) groups excluding carboxylic acids is 1. The van der Waals surface area contributed by atoms with Gasteiger partial charge in [0.15, 0.2) is 0 Å². The normalized spacial score (nSPS) is 15.9.